The highest BCUT2D eigenvalue weighted by molar-refractivity contribution is 5.66. The number of aryl methyl sites for hydroxylation is 1. The Hall–Kier alpha value is -2.61. The maximum Gasteiger partial charge on any atom is 0.224 e. The zero-order chi connectivity index (χ0) is 14.4. The Morgan fingerprint density at radius 2 is 2.10 bits per heavy atom. The molecule has 1 heterocycles. The molecule has 0 aliphatic heterocycles. The van der Waals surface area contributed by atoms with Gasteiger partial charge in [0.05, 0.1) is 11.3 Å². The maximum atomic E-state index is 9.10. The number of nitrogens with one attached hydrogen (secondary N) is 2. The quantitative estimate of drug-likeness (QED) is 0.870. The monoisotopic (exact) mass is 267 g/mol. The summed E-state index contributed by atoms with van der Waals surface area (Å²) in [6.07, 6.45) is 2.78. The second-order valence-electron chi connectivity index (χ2n) is 4.43. The summed E-state index contributed by atoms with van der Waals surface area (Å²) in [4.78, 5) is 8.67. The molecule has 20 heavy (non-hydrogen) atoms. The van der Waals surface area contributed by atoms with Crippen LogP contribution in [0, 0.1) is 18.3 Å². The highest BCUT2D eigenvalue weighted by atomic mass is 15.1. The molecule has 0 amide bonds. The van der Waals surface area contributed by atoms with E-state index in [-0.39, 0.29) is 0 Å². The summed E-state index contributed by atoms with van der Waals surface area (Å²) < 4.78 is 0. The van der Waals surface area contributed by atoms with Crippen molar-refractivity contribution in [1.82, 2.24) is 9.97 Å². The predicted molar refractivity (Wildman–Crippen MR) is 80.0 cm³/mol. The van der Waals surface area contributed by atoms with Crippen LogP contribution >= 0.6 is 0 Å². The van der Waals surface area contributed by atoms with Crippen LogP contribution < -0.4 is 10.6 Å². The average Bonchev–Trinajstić information content (AvgIpc) is 2.48. The first-order valence-electron chi connectivity index (χ1n) is 6.58. The number of rotatable bonds is 5. The first kappa shape index (κ1) is 13.8. The summed E-state index contributed by atoms with van der Waals surface area (Å²) >= 11 is 0. The van der Waals surface area contributed by atoms with E-state index in [0.717, 1.165) is 24.2 Å². The van der Waals surface area contributed by atoms with E-state index in [0.29, 0.717) is 17.3 Å². The molecule has 0 radical (unpaired) electrons. The minimum atomic E-state index is 0.591. The fourth-order valence-electron chi connectivity index (χ4n) is 1.71. The SMILES string of the molecule is CCCNc1ncc(C)c(Nc2ccccc2C#N)n1. The number of nitrogens with zero attached hydrogens (tertiary/aromatic N) is 3. The molecule has 2 N–H and O–H groups in total. The molecule has 1 aromatic heterocycles. The number of anilines is 3. The van der Waals surface area contributed by atoms with Crippen molar-refractivity contribution >= 4 is 17.5 Å². The van der Waals surface area contributed by atoms with Gasteiger partial charge in [0.1, 0.15) is 11.9 Å². The van der Waals surface area contributed by atoms with Gasteiger partial charge in [-0.3, -0.25) is 0 Å². The van der Waals surface area contributed by atoms with Crippen molar-refractivity contribution in [2.24, 2.45) is 0 Å². The van der Waals surface area contributed by atoms with E-state index in [1.807, 2.05) is 25.1 Å². The Bertz CT molecular complexity index is 630. The fourth-order valence-corrected chi connectivity index (χ4v) is 1.71. The van der Waals surface area contributed by atoms with Gasteiger partial charge >= 0.3 is 0 Å². The summed E-state index contributed by atoms with van der Waals surface area (Å²) in [6, 6.07) is 9.52. The lowest BCUT2D eigenvalue weighted by Gasteiger charge is -2.11. The van der Waals surface area contributed by atoms with Crippen LogP contribution in [-0.4, -0.2) is 16.5 Å². The number of hydrogen-bond donors (Lipinski definition) is 2. The van der Waals surface area contributed by atoms with Crippen molar-refractivity contribution < 1.29 is 0 Å². The third-order valence-corrected chi connectivity index (χ3v) is 2.81. The topological polar surface area (TPSA) is 73.6 Å². The second kappa shape index (κ2) is 6.53. The fraction of sp³-hybridized carbons (Fsp3) is 0.267. The Kier molecular flexibility index (Phi) is 4.51. The van der Waals surface area contributed by atoms with E-state index >= 15 is 0 Å². The van der Waals surface area contributed by atoms with Gasteiger partial charge in [-0.25, -0.2) is 4.98 Å². The minimum Gasteiger partial charge on any atom is -0.354 e. The van der Waals surface area contributed by atoms with Gasteiger partial charge in [0.15, 0.2) is 0 Å². The van der Waals surface area contributed by atoms with Gasteiger partial charge in [-0.05, 0) is 25.5 Å². The number of benzene rings is 1. The van der Waals surface area contributed by atoms with Gasteiger partial charge in [-0.15, -0.1) is 0 Å². The summed E-state index contributed by atoms with van der Waals surface area (Å²) in [6.45, 7) is 4.85. The summed E-state index contributed by atoms with van der Waals surface area (Å²) in [5.74, 6) is 1.30. The molecule has 0 saturated carbocycles. The molecular weight excluding hydrogens is 250 g/mol. The van der Waals surface area contributed by atoms with Crippen LogP contribution in [-0.2, 0) is 0 Å². The highest BCUT2D eigenvalue weighted by Gasteiger charge is 2.06. The Morgan fingerprint density at radius 1 is 1.30 bits per heavy atom. The molecular formula is C15H17N5. The lowest BCUT2D eigenvalue weighted by molar-refractivity contribution is 0.950. The number of para-hydroxylation sites is 1. The Balaban J connectivity index is 2.26. The average molecular weight is 267 g/mol. The van der Waals surface area contributed by atoms with E-state index in [9.17, 15) is 0 Å². The van der Waals surface area contributed by atoms with Crippen molar-refractivity contribution in [3.05, 3.63) is 41.6 Å². The molecule has 0 atom stereocenters. The lowest BCUT2D eigenvalue weighted by Crippen LogP contribution is -2.07. The van der Waals surface area contributed by atoms with Crippen molar-refractivity contribution in [3.8, 4) is 6.07 Å². The molecule has 0 aliphatic rings. The summed E-state index contributed by atoms with van der Waals surface area (Å²) in [5.41, 5.74) is 2.27. The molecule has 0 saturated heterocycles. The zero-order valence-corrected chi connectivity index (χ0v) is 11.6. The largest absolute Gasteiger partial charge is 0.354 e. The van der Waals surface area contributed by atoms with E-state index in [2.05, 4.69) is 33.6 Å². The van der Waals surface area contributed by atoms with Gasteiger partial charge in [0.25, 0.3) is 0 Å². The predicted octanol–water partition coefficient (Wildman–Crippen LogP) is 3.22. The van der Waals surface area contributed by atoms with E-state index in [1.54, 1.807) is 12.3 Å². The summed E-state index contributed by atoms with van der Waals surface area (Å²) in [7, 11) is 0. The molecule has 0 spiro atoms. The first-order chi connectivity index (χ1) is 9.74. The molecule has 5 heteroatoms. The first-order valence-corrected chi connectivity index (χ1v) is 6.58. The number of nitriles is 1. The van der Waals surface area contributed by atoms with Crippen molar-refractivity contribution in [3.63, 3.8) is 0 Å². The molecule has 2 rings (SSSR count). The van der Waals surface area contributed by atoms with Gasteiger partial charge in [0.2, 0.25) is 5.95 Å². The second-order valence-corrected chi connectivity index (χ2v) is 4.43. The number of hydrogen-bond acceptors (Lipinski definition) is 5. The normalized spacial score (nSPS) is 9.85. The summed E-state index contributed by atoms with van der Waals surface area (Å²) in [5, 5.41) is 15.4. The molecule has 2 aromatic rings. The smallest absolute Gasteiger partial charge is 0.224 e. The van der Waals surface area contributed by atoms with Crippen LogP contribution in [0.3, 0.4) is 0 Å². The van der Waals surface area contributed by atoms with Crippen LogP contribution in [0.1, 0.15) is 24.5 Å². The van der Waals surface area contributed by atoms with E-state index in [4.69, 9.17) is 5.26 Å². The van der Waals surface area contributed by atoms with Gasteiger partial charge < -0.3 is 10.6 Å². The molecule has 0 bridgehead atoms. The lowest BCUT2D eigenvalue weighted by atomic mass is 10.2. The molecule has 0 fully saturated rings. The van der Waals surface area contributed by atoms with E-state index < -0.39 is 0 Å². The zero-order valence-electron chi connectivity index (χ0n) is 11.6. The molecule has 102 valence electrons. The van der Waals surface area contributed by atoms with Crippen molar-refractivity contribution in [2.75, 3.05) is 17.2 Å². The molecule has 0 unspecified atom stereocenters. The van der Waals surface area contributed by atoms with Crippen LogP contribution in [0.5, 0.6) is 0 Å². The van der Waals surface area contributed by atoms with E-state index in [1.165, 1.54) is 0 Å². The molecule has 1 aromatic carbocycles. The van der Waals surface area contributed by atoms with Crippen LogP contribution in [0.25, 0.3) is 0 Å². The third-order valence-electron chi connectivity index (χ3n) is 2.81. The minimum absolute atomic E-state index is 0.591. The van der Waals surface area contributed by atoms with Crippen molar-refractivity contribution in [1.29, 1.82) is 5.26 Å². The third kappa shape index (κ3) is 3.23. The van der Waals surface area contributed by atoms with Gasteiger partial charge in [0, 0.05) is 18.3 Å². The van der Waals surface area contributed by atoms with Gasteiger partial charge in [-0.1, -0.05) is 19.1 Å². The maximum absolute atomic E-state index is 9.10. The molecule has 5 nitrogen and oxygen atoms in total. The van der Waals surface area contributed by atoms with Crippen LogP contribution in [0.2, 0.25) is 0 Å². The standard InChI is InChI=1S/C15H17N5/c1-3-8-17-15-18-10-11(2)14(20-15)19-13-7-5-4-6-12(13)9-16/h4-7,10H,3,8H2,1-2H3,(H2,17,18,19,20). The van der Waals surface area contributed by atoms with Crippen LogP contribution in [0.15, 0.2) is 30.5 Å². The Labute approximate surface area is 118 Å². The Morgan fingerprint density at radius 3 is 2.85 bits per heavy atom. The van der Waals surface area contributed by atoms with Crippen molar-refractivity contribution in [2.45, 2.75) is 20.3 Å². The number of aromatic nitrogens is 2. The molecule has 0 aliphatic carbocycles. The van der Waals surface area contributed by atoms with Crippen LogP contribution in [0.4, 0.5) is 17.5 Å². The highest BCUT2D eigenvalue weighted by Crippen LogP contribution is 2.21. The van der Waals surface area contributed by atoms with Gasteiger partial charge in [-0.2, -0.15) is 10.2 Å².